The van der Waals surface area contributed by atoms with Gasteiger partial charge >= 0.3 is 0 Å². The van der Waals surface area contributed by atoms with Crippen LogP contribution in [-0.2, 0) is 14.4 Å². The highest BCUT2D eigenvalue weighted by Gasteiger charge is 2.33. The fourth-order valence-corrected chi connectivity index (χ4v) is 3.94. The summed E-state index contributed by atoms with van der Waals surface area (Å²) in [6, 6.07) is 5.82. The molecule has 150 valence electrons. The topological polar surface area (TPSA) is 69.7 Å². The van der Waals surface area contributed by atoms with Crippen molar-refractivity contribution in [2.45, 2.75) is 25.7 Å². The van der Waals surface area contributed by atoms with Crippen LogP contribution in [0.2, 0.25) is 0 Å². The lowest BCUT2D eigenvalue weighted by Crippen LogP contribution is -2.49. The molecule has 2 saturated heterocycles. The van der Waals surface area contributed by atoms with E-state index >= 15 is 0 Å². The number of hydrogen-bond donors (Lipinski definition) is 1. The van der Waals surface area contributed by atoms with Gasteiger partial charge in [-0.25, -0.2) is 4.39 Å². The van der Waals surface area contributed by atoms with Crippen LogP contribution in [-0.4, -0.2) is 53.7 Å². The molecule has 0 bridgehead atoms. The Balaban J connectivity index is 1.50. The number of carbonyl (C=O) groups excluding carboxylic acids is 3. The summed E-state index contributed by atoms with van der Waals surface area (Å²) in [5, 5.41) is 2.75. The molecule has 0 spiro atoms. The van der Waals surface area contributed by atoms with Gasteiger partial charge < -0.3 is 15.1 Å². The second-order valence-electron chi connectivity index (χ2n) is 7.43. The number of nitrogens with zero attached hydrogens (tertiary/aromatic N) is 2. The minimum absolute atomic E-state index is 0.0607. The van der Waals surface area contributed by atoms with Crippen molar-refractivity contribution >= 4 is 23.4 Å². The van der Waals surface area contributed by atoms with Gasteiger partial charge in [0.25, 0.3) is 0 Å². The van der Waals surface area contributed by atoms with Crippen LogP contribution in [0.1, 0.15) is 25.7 Å². The zero-order valence-corrected chi connectivity index (χ0v) is 15.9. The Morgan fingerprint density at radius 3 is 2.50 bits per heavy atom. The molecule has 2 heterocycles. The number of rotatable bonds is 4. The van der Waals surface area contributed by atoms with Crippen LogP contribution in [0.15, 0.2) is 36.9 Å². The molecule has 0 aliphatic carbocycles. The highest BCUT2D eigenvalue weighted by atomic mass is 19.1. The highest BCUT2D eigenvalue weighted by molar-refractivity contribution is 5.93. The summed E-state index contributed by atoms with van der Waals surface area (Å²) in [6.07, 6.45) is 4.03. The first-order valence-electron chi connectivity index (χ1n) is 9.74. The van der Waals surface area contributed by atoms with Gasteiger partial charge in [-0.2, -0.15) is 0 Å². The van der Waals surface area contributed by atoms with Gasteiger partial charge in [-0.1, -0.05) is 12.6 Å². The van der Waals surface area contributed by atoms with E-state index in [1.165, 1.54) is 18.2 Å². The average molecular weight is 387 g/mol. The number of piperidine rings is 2. The van der Waals surface area contributed by atoms with E-state index in [-0.39, 0.29) is 29.6 Å². The molecular formula is C21H26FN3O3. The van der Waals surface area contributed by atoms with Gasteiger partial charge in [0, 0.05) is 37.8 Å². The largest absolute Gasteiger partial charge is 0.342 e. The van der Waals surface area contributed by atoms with Crippen molar-refractivity contribution in [3.05, 3.63) is 42.7 Å². The van der Waals surface area contributed by atoms with E-state index in [1.807, 2.05) is 0 Å². The van der Waals surface area contributed by atoms with E-state index in [0.717, 1.165) is 12.8 Å². The third kappa shape index (κ3) is 4.77. The summed E-state index contributed by atoms with van der Waals surface area (Å²) < 4.78 is 13.3. The molecule has 2 aliphatic rings. The third-order valence-corrected chi connectivity index (χ3v) is 5.53. The Kier molecular flexibility index (Phi) is 6.44. The van der Waals surface area contributed by atoms with Crippen LogP contribution < -0.4 is 5.32 Å². The number of likely N-dealkylation sites (tertiary alicyclic amines) is 2. The number of hydrogen-bond acceptors (Lipinski definition) is 3. The van der Waals surface area contributed by atoms with Crippen molar-refractivity contribution < 1.29 is 18.8 Å². The van der Waals surface area contributed by atoms with Gasteiger partial charge in [-0.15, -0.1) is 0 Å². The molecule has 1 aromatic carbocycles. The van der Waals surface area contributed by atoms with Crippen molar-refractivity contribution in [2.75, 3.05) is 31.5 Å². The maximum atomic E-state index is 13.3. The van der Waals surface area contributed by atoms with Gasteiger partial charge in [0.15, 0.2) is 0 Å². The van der Waals surface area contributed by atoms with Crippen LogP contribution in [0, 0.1) is 17.7 Å². The molecule has 2 aliphatic heterocycles. The summed E-state index contributed by atoms with van der Waals surface area (Å²) >= 11 is 0. The normalized spacial score (nSPS) is 20.5. The van der Waals surface area contributed by atoms with Crippen molar-refractivity contribution in [2.24, 2.45) is 11.8 Å². The number of amides is 3. The van der Waals surface area contributed by atoms with Crippen LogP contribution in [0.25, 0.3) is 0 Å². The lowest BCUT2D eigenvalue weighted by atomic mass is 9.92. The van der Waals surface area contributed by atoms with E-state index in [9.17, 15) is 18.8 Å². The minimum atomic E-state index is -0.394. The first kappa shape index (κ1) is 20.0. The Bertz CT molecular complexity index is 759. The van der Waals surface area contributed by atoms with Gasteiger partial charge in [0.1, 0.15) is 5.82 Å². The molecule has 3 amide bonds. The van der Waals surface area contributed by atoms with Gasteiger partial charge in [-0.3, -0.25) is 14.4 Å². The zero-order chi connectivity index (χ0) is 20.1. The molecule has 2 fully saturated rings. The predicted octanol–water partition coefficient (Wildman–Crippen LogP) is 2.43. The predicted molar refractivity (Wildman–Crippen MR) is 104 cm³/mol. The summed E-state index contributed by atoms with van der Waals surface area (Å²) in [6.45, 7) is 5.65. The summed E-state index contributed by atoms with van der Waals surface area (Å²) in [4.78, 5) is 40.6. The quantitative estimate of drug-likeness (QED) is 0.807. The lowest BCUT2D eigenvalue weighted by Gasteiger charge is -2.37. The maximum absolute atomic E-state index is 13.3. The molecule has 0 saturated carbocycles. The molecule has 7 heteroatoms. The number of carbonyl (C=O) groups is 3. The maximum Gasteiger partial charge on any atom is 0.245 e. The Morgan fingerprint density at radius 1 is 1.07 bits per heavy atom. The molecule has 0 aromatic heterocycles. The van der Waals surface area contributed by atoms with Crippen LogP contribution >= 0.6 is 0 Å². The Morgan fingerprint density at radius 2 is 1.82 bits per heavy atom. The minimum Gasteiger partial charge on any atom is -0.342 e. The van der Waals surface area contributed by atoms with Crippen molar-refractivity contribution in [1.82, 2.24) is 9.80 Å². The van der Waals surface area contributed by atoms with E-state index < -0.39 is 5.82 Å². The first-order valence-corrected chi connectivity index (χ1v) is 9.74. The number of halogens is 1. The van der Waals surface area contributed by atoms with Gasteiger partial charge in [0.2, 0.25) is 17.7 Å². The molecule has 1 N–H and O–H groups in total. The highest BCUT2D eigenvalue weighted by Crippen LogP contribution is 2.24. The summed E-state index contributed by atoms with van der Waals surface area (Å²) in [5.41, 5.74) is 0.442. The van der Waals surface area contributed by atoms with Crippen LogP contribution in [0.5, 0.6) is 0 Å². The van der Waals surface area contributed by atoms with E-state index in [0.29, 0.717) is 44.7 Å². The average Bonchev–Trinajstić information content (AvgIpc) is 2.73. The summed E-state index contributed by atoms with van der Waals surface area (Å²) in [7, 11) is 0. The van der Waals surface area contributed by atoms with Gasteiger partial charge in [0.05, 0.1) is 5.92 Å². The van der Waals surface area contributed by atoms with Crippen molar-refractivity contribution in [3.8, 4) is 0 Å². The van der Waals surface area contributed by atoms with Crippen molar-refractivity contribution in [1.29, 1.82) is 0 Å². The van der Waals surface area contributed by atoms with Crippen molar-refractivity contribution in [3.63, 3.8) is 0 Å². The molecular weight excluding hydrogens is 361 g/mol. The second kappa shape index (κ2) is 8.99. The fourth-order valence-electron chi connectivity index (χ4n) is 3.94. The van der Waals surface area contributed by atoms with Crippen LogP contribution in [0.4, 0.5) is 10.1 Å². The number of benzene rings is 1. The van der Waals surface area contributed by atoms with E-state index in [1.54, 1.807) is 21.9 Å². The molecule has 28 heavy (non-hydrogen) atoms. The summed E-state index contributed by atoms with van der Waals surface area (Å²) in [5.74, 6) is -0.989. The fraction of sp³-hybridized carbons (Fsp3) is 0.476. The molecule has 3 rings (SSSR count). The monoisotopic (exact) mass is 387 g/mol. The molecule has 0 radical (unpaired) electrons. The first-order chi connectivity index (χ1) is 13.5. The number of anilines is 1. The van der Waals surface area contributed by atoms with Crippen LogP contribution in [0.3, 0.4) is 0 Å². The Labute approximate surface area is 164 Å². The van der Waals surface area contributed by atoms with Gasteiger partial charge in [-0.05, 0) is 50.0 Å². The number of nitrogens with one attached hydrogen (secondary N) is 1. The van der Waals surface area contributed by atoms with E-state index in [4.69, 9.17) is 0 Å². The Hall–Kier alpha value is -2.70. The smallest absolute Gasteiger partial charge is 0.245 e. The standard InChI is InChI=1S/C21H26FN3O3/c1-2-19(26)25-10-4-5-16(14-25)21(28)24-11-8-15(9-12-24)20(27)23-18-7-3-6-17(22)13-18/h2-3,6-7,13,15-16H,1,4-5,8-12,14H2,(H,23,27). The molecule has 6 nitrogen and oxygen atoms in total. The molecule has 1 aromatic rings. The molecule has 1 unspecified atom stereocenters. The zero-order valence-electron chi connectivity index (χ0n) is 15.9. The second-order valence-corrected chi connectivity index (χ2v) is 7.43. The third-order valence-electron chi connectivity index (χ3n) is 5.53. The lowest BCUT2D eigenvalue weighted by molar-refractivity contribution is -0.141. The molecule has 1 atom stereocenters. The SMILES string of the molecule is C=CC(=O)N1CCCC(C(=O)N2CCC(C(=O)Nc3cccc(F)c3)CC2)C1. The van der Waals surface area contributed by atoms with E-state index in [2.05, 4.69) is 11.9 Å².